The Balaban J connectivity index is 1.63. The summed E-state index contributed by atoms with van der Waals surface area (Å²) in [5.41, 5.74) is 1.03. The van der Waals surface area contributed by atoms with Crippen molar-refractivity contribution in [2.45, 2.75) is 12.5 Å². The monoisotopic (exact) mass is 361 g/mol. The quantitative estimate of drug-likeness (QED) is 0.767. The van der Waals surface area contributed by atoms with Gasteiger partial charge >= 0.3 is 0 Å². The maximum Gasteiger partial charge on any atom is 0.245 e. The van der Waals surface area contributed by atoms with Crippen LogP contribution in [-0.4, -0.2) is 86.8 Å². The number of nitrogens with zero attached hydrogens (tertiary/aromatic N) is 2. The van der Waals surface area contributed by atoms with Crippen molar-refractivity contribution in [3.05, 3.63) is 35.9 Å². The SMILES string of the molecule is O=C(CN1CCOCC1)NC(Cc1ccccc1)C(=O)N1CCOCC1. The van der Waals surface area contributed by atoms with Gasteiger partial charge in [-0.3, -0.25) is 14.5 Å². The fraction of sp³-hybridized carbons (Fsp3) is 0.579. The van der Waals surface area contributed by atoms with Gasteiger partial charge in [0.25, 0.3) is 0 Å². The average molecular weight is 361 g/mol. The Labute approximate surface area is 154 Å². The molecule has 26 heavy (non-hydrogen) atoms. The summed E-state index contributed by atoms with van der Waals surface area (Å²) >= 11 is 0. The van der Waals surface area contributed by atoms with Gasteiger partial charge in [0.05, 0.1) is 33.0 Å². The van der Waals surface area contributed by atoms with Crippen LogP contribution in [0.2, 0.25) is 0 Å². The van der Waals surface area contributed by atoms with Gasteiger partial charge in [0.15, 0.2) is 0 Å². The molecule has 0 spiro atoms. The predicted molar refractivity (Wildman–Crippen MR) is 96.7 cm³/mol. The summed E-state index contributed by atoms with van der Waals surface area (Å²) < 4.78 is 10.6. The molecule has 2 amide bonds. The highest BCUT2D eigenvalue weighted by Crippen LogP contribution is 2.08. The molecular weight excluding hydrogens is 334 g/mol. The summed E-state index contributed by atoms with van der Waals surface area (Å²) in [5.74, 6) is -0.151. The van der Waals surface area contributed by atoms with E-state index in [-0.39, 0.29) is 11.8 Å². The van der Waals surface area contributed by atoms with Gasteiger partial charge in [-0.05, 0) is 5.56 Å². The molecule has 0 aliphatic carbocycles. The molecule has 2 heterocycles. The molecule has 1 aromatic rings. The highest BCUT2D eigenvalue weighted by atomic mass is 16.5. The van der Waals surface area contributed by atoms with Gasteiger partial charge in [-0.1, -0.05) is 30.3 Å². The predicted octanol–water partition coefficient (Wildman–Crippen LogP) is -0.0951. The highest BCUT2D eigenvalue weighted by molar-refractivity contribution is 5.88. The number of rotatable bonds is 6. The van der Waals surface area contributed by atoms with Crippen molar-refractivity contribution in [3.8, 4) is 0 Å². The molecule has 7 nitrogen and oxygen atoms in total. The van der Waals surface area contributed by atoms with Crippen LogP contribution in [-0.2, 0) is 25.5 Å². The van der Waals surface area contributed by atoms with Gasteiger partial charge in [-0.15, -0.1) is 0 Å². The number of morpholine rings is 2. The molecule has 0 saturated carbocycles. The van der Waals surface area contributed by atoms with Gasteiger partial charge in [0.1, 0.15) is 6.04 Å². The Kier molecular flexibility index (Phi) is 6.99. The Morgan fingerprint density at radius 3 is 2.23 bits per heavy atom. The van der Waals surface area contributed by atoms with Crippen LogP contribution in [0.25, 0.3) is 0 Å². The Morgan fingerprint density at radius 2 is 1.58 bits per heavy atom. The summed E-state index contributed by atoms with van der Waals surface area (Å²) in [6.07, 6.45) is 0.492. The normalized spacial score (nSPS) is 19.8. The Hall–Kier alpha value is -1.96. The molecule has 0 bridgehead atoms. The minimum absolute atomic E-state index is 0.0347. The van der Waals surface area contributed by atoms with Crippen LogP contribution < -0.4 is 5.32 Å². The molecule has 3 rings (SSSR count). The fourth-order valence-corrected chi connectivity index (χ4v) is 3.26. The molecule has 1 atom stereocenters. The number of carbonyl (C=O) groups is 2. The largest absolute Gasteiger partial charge is 0.379 e. The minimum Gasteiger partial charge on any atom is -0.379 e. The first-order valence-corrected chi connectivity index (χ1v) is 9.22. The lowest BCUT2D eigenvalue weighted by Gasteiger charge is -2.31. The second kappa shape index (κ2) is 9.66. The molecule has 142 valence electrons. The lowest BCUT2D eigenvalue weighted by Crippen LogP contribution is -2.54. The lowest BCUT2D eigenvalue weighted by molar-refractivity contribution is -0.140. The zero-order chi connectivity index (χ0) is 18.2. The van der Waals surface area contributed by atoms with Crippen LogP contribution in [0.4, 0.5) is 0 Å². The molecule has 2 fully saturated rings. The van der Waals surface area contributed by atoms with E-state index in [2.05, 4.69) is 10.2 Å². The first kappa shape index (κ1) is 18.8. The van der Waals surface area contributed by atoms with Crippen LogP contribution >= 0.6 is 0 Å². The maximum absolute atomic E-state index is 13.0. The molecule has 1 unspecified atom stereocenters. The fourth-order valence-electron chi connectivity index (χ4n) is 3.26. The van der Waals surface area contributed by atoms with E-state index in [4.69, 9.17) is 9.47 Å². The molecule has 2 saturated heterocycles. The van der Waals surface area contributed by atoms with E-state index in [1.165, 1.54) is 0 Å². The maximum atomic E-state index is 13.0. The van der Waals surface area contributed by atoms with Crippen LogP contribution in [0, 0.1) is 0 Å². The van der Waals surface area contributed by atoms with Crippen LogP contribution in [0.3, 0.4) is 0 Å². The van der Waals surface area contributed by atoms with Crippen molar-refractivity contribution >= 4 is 11.8 Å². The van der Waals surface area contributed by atoms with Crippen molar-refractivity contribution < 1.29 is 19.1 Å². The Bertz CT molecular complexity index is 584. The van der Waals surface area contributed by atoms with Gasteiger partial charge in [-0.2, -0.15) is 0 Å². The van der Waals surface area contributed by atoms with Gasteiger partial charge in [0.2, 0.25) is 11.8 Å². The second-order valence-electron chi connectivity index (χ2n) is 6.64. The molecule has 0 radical (unpaired) electrons. The van der Waals surface area contributed by atoms with E-state index in [0.717, 1.165) is 18.7 Å². The van der Waals surface area contributed by atoms with Crippen molar-refractivity contribution in [2.24, 2.45) is 0 Å². The zero-order valence-corrected chi connectivity index (χ0v) is 15.1. The lowest BCUT2D eigenvalue weighted by atomic mass is 10.0. The smallest absolute Gasteiger partial charge is 0.245 e. The van der Waals surface area contributed by atoms with Crippen LogP contribution in [0.15, 0.2) is 30.3 Å². The van der Waals surface area contributed by atoms with Crippen molar-refractivity contribution in [3.63, 3.8) is 0 Å². The van der Waals surface area contributed by atoms with Crippen molar-refractivity contribution in [1.29, 1.82) is 0 Å². The van der Waals surface area contributed by atoms with Crippen molar-refractivity contribution in [2.75, 3.05) is 59.2 Å². The topological polar surface area (TPSA) is 71.1 Å². The van der Waals surface area contributed by atoms with Gasteiger partial charge in [-0.25, -0.2) is 0 Å². The number of benzene rings is 1. The standard InChI is InChI=1S/C19H27N3O4/c23-18(15-21-6-10-25-11-7-21)20-17(14-16-4-2-1-3-5-16)19(24)22-8-12-26-13-9-22/h1-5,17H,6-15H2,(H,20,23). The number of hydrogen-bond donors (Lipinski definition) is 1. The minimum atomic E-state index is -0.552. The Morgan fingerprint density at radius 1 is 0.962 bits per heavy atom. The molecule has 7 heteroatoms. The number of nitrogens with one attached hydrogen (secondary N) is 1. The number of hydrogen-bond acceptors (Lipinski definition) is 5. The highest BCUT2D eigenvalue weighted by Gasteiger charge is 2.28. The van der Waals surface area contributed by atoms with Gasteiger partial charge < -0.3 is 19.7 Å². The summed E-state index contributed by atoms with van der Waals surface area (Å²) in [6.45, 7) is 5.32. The average Bonchev–Trinajstić information content (AvgIpc) is 2.69. The summed E-state index contributed by atoms with van der Waals surface area (Å²) in [5, 5.41) is 2.96. The van der Waals surface area contributed by atoms with Crippen molar-refractivity contribution in [1.82, 2.24) is 15.1 Å². The van der Waals surface area contributed by atoms with E-state index in [9.17, 15) is 9.59 Å². The molecule has 1 aromatic carbocycles. The summed E-state index contributed by atoms with van der Waals surface area (Å²) in [4.78, 5) is 29.3. The van der Waals surface area contributed by atoms with Crippen LogP contribution in [0.1, 0.15) is 5.56 Å². The second-order valence-corrected chi connectivity index (χ2v) is 6.64. The molecule has 1 N–H and O–H groups in total. The third kappa shape index (κ3) is 5.52. The van der Waals surface area contributed by atoms with E-state index in [1.807, 2.05) is 30.3 Å². The van der Waals surface area contributed by atoms with Gasteiger partial charge in [0, 0.05) is 32.6 Å². The molecular formula is C19H27N3O4. The van der Waals surface area contributed by atoms with E-state index >= 15 is 0 Å². The number of ether oxygens (including phenoxy) is 2. The van der Waals surface area contributed by atoms with Crippen LogP contribution in [0.5, 0.6) is 0 Å². The molecule has 2 aliphatic heterocycles. The third-order valence-electron chi connectivity index (χ3n) is 4.71. The third-order valence-corrected chi connectivity index (χ3v) is 4.71. The number of carbonyl (C=O) groups excluding carboxylic acids is 2. The summed E-state index contributed by atoms with van der Waals surface area (Å²) in [6, 6.07) is 9.24. The van der Waals surface area contributed by atoms with E-state index in [0.29, 0.717) is 52.5 Å². The van der Waals surface area contributed by atoms with E-state index in [1.54, 1.807) is 4.90 Å². The first-order valence-electron chi connectivity index (χ1n) is 9.22. The molecule has 2 aliphatic rings. The number of amides is 2. The zero-order valence-electron chi connectivity index (χ0n) is 15.1. The molecule has 0 aromatic heterocycles. The van der Waals surface area contributed by atoms with E-state index < -0.39 is 6.04 Å². The first-order chi connectivity index (χ1) is 12.7. The summed E-state index contributed by atoms with van der Waals surface area (Å²) in [7, 11) is 0.